The van der Waals surface area contributed by atoms with Gasteiger partial charge in [-0.3, -0.25) is 0 Å². The van der Waals surface area contributed by atoms with Crippen molar-refractivity contribution < 1.29 is 4.42 Å². The summed E-state index contributed by atoms with van der Waals surface area (Å²) in [5.74, 6) is 1.08. The summed E-state index contributed by atoms with van der Waals surface area (Å²) in [5, 5.41) is 3.39. The van der Waals surface area contributed by atoms with Crippen LogP contribution in [0.1, 0.15) is 11.1 Å². The lowest BCUT2D eigenvalue weighted by atomic mass is 10.2. The third-order valence-corrected chi connectivity index (χ3v) is 3.49. The van der Waals surface area contributed by atoms with Crippen LogP contribution in [0.4, 0.5) is 0 Å². The normalized spacial score (nSPS) is 10.6. The zero-order valence-electron chi connectivity index (χ0n) is 9.98. The SMILES string of the molecule is Cc1ccc(SCCNCc2ccoc2)cc1. The van der Waals surface area contributed by atoms with Crippen LogP contribution < -0.4 is 5.32 Å². The van der Waals surface area contributed by atoms with E-state index in [0.717, 1.165) is 18.8 Å². The predicted octanol–water partition coefficient (Wildman–Crippen LogP) is 3.47. The van der Waals surface area contributed by atoms with Gasteiger partial charge >= 0.3 is 0 Å². The molecule has 3 heteroatoms. The molecule has 90 valence electrons. The summed E-state index contributed by atoms with van der Waals surface area (Å²) in [4.78, 5) is 1.33. The lowest BCUT2D eigenvalue weighted by Gasteiger charge is -2.03. The molecule has 0 saturated heterocycles. The van der Waals surface area contributed by atoms with Crippen molar-refractivity contribution in [3.8, 4) is 0 Å². The van der Waals surface area contributed by atoms with E-state index in [2.05, 4.69) is 36.5 Å². The molecule has 1 N–H and O–H groups in total. The minimum absolute atomic E-state index is 0.880. The number of hydrogen-bond donors (Lipinski definition) is 1. The first-order valence-electron chi connectivity index (χ1n) is 5.76. The Morgan fingerprint density at radius 1 is 1.18 bits per heavy atom. The van der Waals surface area contributed by atoms with Gasteiger partial charge in [0.15, 0.2) is 0 Å². The van der Waals surface area contributed by atoms with Crippen molar-refractivity contribution in [3.05, 3.63) is 54.0 Å². The summed E-state index contributed by atoms with van der Waals surface area (Å²) in [5.41, 5.74) is 2.51. The second kappa shape index (κ2) is 6.52. The topological polar surface area (TPSA) is 25.2 Å². The molecule has 0 amide bonds. The molecule has 0 aliphatic carbocycles. The molecule has 0 spiro atoms. The molecular weight excluding hydrogens is 230 g/mol. The lowest BCUT2D eigenvalue weighted by molar-refractivity contribution is 0.561. The van der Waals surface area contributed by atoms with Crippen LogP contribution in [-0.4, -0.2) is 12.3 Å². The number of furan rings is 1. The van der Waals surface area contributed by atoms with E-state index in [1.54, 1.807) is 12.5 Å². The van der Waals surface area contributed by atoms with E-state index in [1.165, 1.54) is 16.0 Å². The Balaban J connectivity index is 1.61. The third-order valence-electron chi connectivity index (χ3n) is 2.48. The quantitative estimate of drug-likeness (QED) is 0.625. The predicted molar refractivity (Wildman–Crippen MR) is 72.3 cm³/mol. The van der Waals surface area contributed by atoms with Gasteiger partial charge in [-0.2, -0.15) is 0 Å². The summed E-state index contributed by atoms with van der Waals surface area (Å²) in [6, 6.07) is 10.6. The lowest BCUT2D eigenvalue weighted by Crippen LogP contribution is -2.15. The first-order chi connectivity index (χ1) is 8.34. The zero-order valence-corrected chi connectivity index (χ0v) is 10.8. The number of rotatable bonds is 6. The maximum absolute atomic E-state index is 5.01. The molecule has 0 radical (unpaired) electrons. The molecule has 0 aliphatic rings. The van der Waals surface area contributed by atoms with Crippen molar-refractivity contribution in [3.63, 3.8) is 0 Å². The Morgan fingerprint density at radius 2 is 2.00 bits per heavy atom. The van der Waals surface area contributed by atoms with E-state index in [1.807, 2.05) is 17.8 Å². The summed E-state index contributed by atoms with van der Waals surface area (Å²) in [6.07, 6.45) is 3.48. The minimum Gasteiger partial charge on any atom is -0.472 e. The first-order valence-corrected chi connectivity index (χ1v) is 6.74. The Kier molecular flexibility index (Phi) is 4.71. The van der Waals surface area contributed by atoms with Crippen LogP contribution in [0, 0.1) is 6.92 Å². The third kappa shape index (κ3) is 4.29. The highest BCUT2D eigenvalue weighted by molar-refractivity contribution is 7.99. The number of hydrogen-bond acceptors (Lipinski definition) is 3. The molecule has 0 unspecified atom stereocenters. The molecule has 0 atom stereocenters. The van der Waals surface area contributed by atoms with E-state index in [4.69, 9.17) is 4.42 Å². The standard InChI is InChI=1S/C14H17NOS/c1-12-2-4-14(5-3-12)17-9-7-15-10-13-6-8-16-11-13/h2-6,8,11,15H,7,9-10H2,1H3. The molecule has 0 fully saturated rings. The highest BCUT2D eigenvalue weighted by Crippen LogP contribution is 2.17. The van der Waals surface area contributed by atoms with Gasteiger partial charge in [-0.05, 0) is 25.1 Å². The average Bonchev–Trinajstić information content (AvgIpc) is 2.84. The molecule has 2 aromatic rings. The minimum atomic E-state index is 0.880. The summed E-state index contributed by atoms with van der Waals surface area (Å²) < 4.78 is 5.01. The van der Waals surface area contributed by atoms with Gasteiger partial charge in [-0.1, -0.05) is 17.7 Å². The first kappa shape index (κ1) is 12.3. The van der Waals surface area contributed by atoms with Gasteiger partial charge in [0, 0.05) is 29.3 Å². The zero-order chi connectivity index (χ0) is 11.9. The molecule has 2 nitrogen and oxygen atoms in total. The van der Waals surface area contributed by atoms with Crippen molar-refractivity contribution in [2.45, 2.75) is 18.4 Å². The number of benzene rings is 1. The van der Waals surface area contributed by atoms with Gasteiger partial charge < -0.3 is 9.73 Å². The molecule has 1 heterocycles. The highest BCUT2D eigenvalue weighted by Gasteiger charge is 1.95. The van der Waals surface area contributed by atoms with Crippen molar-refractivity contribution in [2.24, 2.45) is 0 Å². The molecule has 1 aromatic heterocycles. The van der Waals surface area contributed by atoms with Crippen molar-refractivity contribution in [1.29, 1.82) is 0 Å². The fourth-order valence-electron chi connectivity index (χ4n) is 1.50. The number of aryl methyl sites for hydroxylation is 1. The van der Waals surface area contributed by atoms with E-state index in [0.29, 0.717) is 0 Å². The number of thioether (sulfide) groups is 1. The van der Waals surface area contributed by atoms with Gasteiger partial charge in [0.25, 0.3) is 0 Å². The van der Waals surface area contributed by atoms with Gasteiger partial charge in [0.05, 0.1) is 12.5 Å². The van der Waals surface area contributed by atoms with E-state index < -0.39 is 0 Å². The molecule has 1 aromatic carbocycles. The Morgan fingerprint density at radius 3 is 2.71 bits per heavy atom. The summed E-state index contributed by atoms with van der Waals surface area (Å²) in [7, 11) is 0. The van der Waals surface area contributed by atoms with Gasteiger partial charge in [-0.15, -0.1) is 11.8 Å². The maximum atomic E-state index is 5.01. The largest absolute Gasteiger partial charge is 0.472 e. The van der Waals surface area contributed by atoms with Crippen LogP contribution in [0.15, 0.2) is 52.2 Å². The molecule has 0 aliphatic heterocycles. The average molecular weight is 247 g/mol. The van der Waals surface area contributed by atoms with Crippen LogP contribution in [0.25, 0.3) is 0 Å². The van der Waals surface area contributed by atoms with Crippen molar-refractivity contribution in [1.82, 2.24) is 5.32 Å². The molecular formula is C14H17NOS. The van der Waals surface area contributed by atoms with Gasteiger partial charge in [0.2, 0.25) is 0 Å². The van der Waals surface area contributed by atoms with E-state index in [-0.39, 0.29) is 0 Å². The summed E-state index contributed by atoms with van der Waals surface area (Å²) in [6.45, 7) is 4.00. The fourth-order valence-corrected chi connectivity index (χ4v) is 2.31. The van der Waals surface area contributed by atoms with Crippen LogP contribution in [0.5, 0.6) is 0 Å². The number of nitrogens with one attached hydrogen (secondary N) is 1. The molecule has 17 heavy (non-hydrogen) atoms. The van der Waals surface area contributed by atoms with Crippen LogP contribution >= 0.6 is 11.8 Å². The van der Waals surface area contributed by atoms with E-state index >= 15 is 0 Å². The second-order valence-corrected chi connectivity index (χ2v) is 5.14. The Hall–Kier alpha value is -1.19. The highest BCUT2D eigenvalue weighted by atomic mass is 32.2. The van der Waals surface area contributed by atoms with Crippen LogP contribution in [0.2, 0.25) is 0 Å². The molecule has 0 saturated carbocycles. The summed E-state index contributed by atoms with van der Waals surface area (Å²) >= 11 is 1.88. The van der Waals surface area contributed by atoms with Gasteiger partial charge in [-0.25, -0.2) is 0 Å². The smallest absolute Gasteiger partial charge is 0.0947 e. The fraction of sp³-hybridized carbons (Fsp3) is 0.286. The monoisotopic (exact) mass is 247 g/mol. The maximum Gasteiger partial charge on any atom is 0.0947 e. The van der Waals surface area contributed by atoms with E-state index in [9.17, 15) is 0 Å². The van der Waals surface area contributed by atoms with Crippen LogP contribution in [-0.2, 0) is 6.54 Å². The second-order valence-electron chi connectivity index (χ2n) is 3.97. The molecule has 0 bridgehead atoms. The van der Waals surface area contributed by atoms with Crippen molar-refractivity contribution in [2.75, 3.05) is 12.3 Å². The van der Waals surface area contributed by atoms with Crippen LogP contribution in [0.3, 0.4) is 0 Å². The van der Waals surface area contributed by atoms with Crippen molar-refractivity contribution >= 4 is 11.8 Å². The Bertz CT molecular complexity index is 422. The molecule has 2 rings (SSSR count). The Labute approximate surface area is 106 Å². The van der Waals surface area contributed by atoms with Gasteiger partial charge in [0.1, 0.15) is 0 Å².